The quantitative estimate of drug-likeness (QED) is 0.0814. The van der Waals surface area contributed by atoms with Gasteiger partial charge in [-0.25, -0.2) is 0 Å². The second-order valence-corrected chi connectivity index (χ2v) is 17.3. The summed E-state index contributed by atoms with van der Waals surface area (Å²) >= 11 is 0. The van der Waals surface area contributed by atoms with Gasteiger partial charge in [-0.3, -0.25) is 4.79 Å². The number of ether oxygens (including phenoxy) is 1. The van der Waals surface area contributed by atoms with Gasteiger partial charge in [0.05, 0.1) is 0 Å². The number of hydrogen-bond acceptors (Lipinski definition) is 2. The molecule has 0 aliphatic heterocycles. The molecule has 258 valence electrons. The number of carbonyl (C=O) groups excluding carboxylic acids is 1. The molecule has 0 aromatic carbocycles. The largest absolute Gasteiger partial charge is 0.462 e. The minimum absolute atomic E-state index is 0.0526. The summed E-state index contributed by atoms with van der Waals surface area (Å²) in [5.74, 6) is 5.32. The molecule has 2 heteroatoms. The smallest absolute Gasteiger partial charge is 0.306 e. The molecule has 0 N–H and O–H groups in total. The van der Waals surface area contributed by atoms with E-state index in [1.165, 1.54) is 116 Å². The fraction of sp³-hybridized carbons (Fsp3) is 0.884. The van der Waals surface area contributed by atoms with E-state index < -0.39 is 0 Å². The Morgan fingerprint density at radius 3 is 2.29 bits per heavy atom. The Bertz CT molecular complexity index is 945. The highest BCUT2D eigenvalue weighted by Crippen LogP contribution is 2.67. The van der Waals surface area contributed by atoms with Crippen molar-refractivity contribution >= 4 is 5.97 Å². The van der Waals surface area contributed by atoms with E-state index >= 15 is 0 Å². The number of unbranched alkanes of at least 4 members (excludes halogenated alkanes) is 9. The standard InChI is InChI=1S/C43H74O2/c1-7-8-9-10-11-12-13-14-15-16-17-18-19-23-41(44)45-36-28-30-42(5)35(32-36)24-25-37-39-27-26-38(34(4)22-20-21-33(2)3)43(39,6)31-29-40(37)42/h12-13,24,33-34,36-40H,7-11,14-23,25-32H2,1-6H3/b13-12+/t34-,36+,37+,38-,39+,40+,42+,43-/m1/s1. The summed E-state index contributed by atoms with van der Waals surface area (Å²) in [4.78, 5) is 12.8. The van der Waals surface area contributed by atoms with Crippen molar-refractivity contribution in [2.24, 2.45) is 46.3 Å². The van der Waals surface area contributed by atoms with Gasteiger partial charge in [0, 0.05) is 12.8 Å². The average Bonchev–Trinajstić information content (AvgIpc) is 3.37. The molecule has 45 heavy (non-hydrogen) atoms. The van der Waals surface area contributed by atoms with E-state index in [4.69, 9.17) is 4.74 Å². The maximum absolute atomic E-state index is 12.8. The van der Waals surface area contributed by atoms with Gasteiger partial charge in [0.15, 0.2) is 0 Å². The van der Waals surface area contributed by atoms with E-state index in [2.05, 4.69) is 59.8 Å². The highest BCUT2D eigenvalue weighted by Gasteiger charge is 2.59. The van der Waals surface area contributed by atoms with E-state index in [0.717, 1.165) is 61.2 Å². The zero-order chi connectivity index (χ0) is 32.3. The van der Waals surface area contributed by atoms with Gasteiger partial charge in [0.1, 0.15) is 6.10 Å². The van der Waals surface area contributed by atoms with Crippen LogP contribution in [0.25, 0.3) is 0 Å². The lowest BCUT2D eigenvalue weighted by atomic mass is 9.47. The molecular weight excluding hydrogens is 548 g/mol. The Morgan fingerprint density at radius 2 is 1.56 bits per heavy atom. The molecule has 0 bridgehead atoms. The molecule has 0 aromatic rings. The average molecular weight is 623 g/mol. The van der Waals surface area contributed by atoms with E-state index in [9.17, 15) is 4.79 Å². The SMILES string of the molecule is CCCCCC/C=C/CCCCCCCC(=O)O[C@H]1CC[C@@]2(C)C(=CC[C@H]3[C@@H]4CC[C@H]([C@H](C)CCCC(C)C)[C@@]4(C)CC[C@@H]32)C1. The van der Waals surface area contributed by atoms with Gasteiger partial charge in [0.25, 0.3) is 0 Å². The van der Waals surface area contributed by atoms with Crippen LogP contribution in [0.4, 0.5) is 0 Å². The fourth-order valence-electron chi connectivity index (χ4n) is 11.0. The topological polar surface area (TPSA) is 26.3 Å². The van der Waals surface area contributed by atoms with Crippen molar-refractivity contribution in [1.82, 2.24) is 0 Å². The lowest BCUT2D eigenvalue weighted by Gasteiger charge is -2.58. The van der Waals surface area contributed by atoms with Gasteiger partial charge in [-0.1, -0.05) is 123 Å². The minimum atomic E-state index is 0.0526. The van der Waals surface area contributed by atoms with Gasteiger partial charge < -0.3 is 4.74 Å². The number of carbonyl (C=O) groups is 1. The van der Waals surface area contributed by atoms with Crippen LogP contribution >= 0.6 is 0 Å². The molecule has 0 saturated heterocycles. The van der Waals surface area contributed by atoms with E-state index in [1.54, 1.807) is 5.57 Å². The van der Waals surface area contributed by atoms with Crippen LogP contribution in [0.1, 0.15) is 189 Å². The third kappa shape index (κ3) is 9.75. The summed E-state index contributed by atoms with van der Waals surface area (Å²) in [5, 5.41) is 0. The molecule has 3 fully saturated rings. The lowest BCUT2D eigenvalue weighted by molar-refractivity contribution is -0.151. The summed E-state index contributed by atoms with van der Waals surface area (Å²) in [5.41, 5.74) is 2.53. The minimum Gasteiger partial charge on any atom is -0.462 e. The summed E-state index contributed by atoms with van der Waals surface area (Å²) in [6.07, 6.45) is 36.5. The van der Waals surface area contributed by atoms with Crippen molar-refractivity contribution in [2.75, 3.05) is 0 Å². The van der Waals surface area contributed by atoms with Crippen molar-refractivity contribution in [3.8, 4) is 0 Å². The van der Waals surface area contributed by atoms with Crippen molar-refractivity contribution < 1.29 is 9.53 Å². The second kappa shape index (κ2) is 17.9. The van der Waals surface area contributed by atoms with Crippen LogP contribution in [0.5, 0.6) is 0 Å². The van der Waals surface area contributed by atoms with E-state index in [1.807, 2.05) is 0 Å². The maximum Gasteiger partial charge on any atom is 0.306 e. The molecule has 0 radical (unpaired) electrons. The third-order valence-corrected chi connectivity index (χ3v) is 13.7. The fourth-order valence-corrected chi connectivity index (χ4v) is 11.0. The van der Waals surface area contributed by atoms with Crippen molar-refractivity contribution in [3.63, 3.8) is 0 Å². The number of rotatable bonds is 19. The van der Waals surface area contributed by atoms with Crippen molar-refractivity contribution in [3.05, 3.63) is 23.8 Å². The molecule has 0 heterocycles. The number of fused-ring (bicyclic) bond motifs is 5. The molecule has 4 aliphatic rings. The molecule has 0 aromatic heterocycles. The van der Waals surface area contributed by atoms with Crippen LogP contribution in [-0.4, -0.2) is 12.1 Å². The van der Waals surface area contributed by atoms with Gasteiger partial charge >= 0.3 is 5.97 Å². The molecular formula is C43H74O2. The first-order valence-corrected chi connectivity index (χ1v) is 20.2. The zero-order valence-corrected chi connectivity index (χ0v) is 30.9. The lowest BCUT2D eigenvalue weighted by Crippen LogP contribution is -2.51. The molecule has 4 aliphatic carbocycles. The molecule has 0 unspecified atom stereocenters. The van der Waals surface area contributed by atoms with Gasteiger partial charge in [0.2, 0.25) is 0 Å². The van der Waals surface area contributed by atoms with Crippen LogP contribution in [0.2, 0.25) is 0 Å². The van der Waals surface area contributed by atoms with Crippen molar-refractivity contribution in [1.29, 1.82) is 0 Å². The predicted molar refractivity (Wildman–Crippen MR) is 193 cm³/mol. The van der Waals surface area contributed by atoms with Crippen molar-refractivity contribution in [2.45, 2.75) is 195 Å². The van der Waals surface area contributed by atoms with Crippen LogP contribution in [-0.2, 0) is 9.53 Å². The van der Waals surface area contributed by atoms with Crippen LogP contribution in [0.15, 0.2) is 23.8 Å². The molecule has 0 spiro atoms. The number of hydrogen-bond donors (Lipinski definition) is 0. The summed E-state index contributed by atoms with van der Waals surface area (Å²) in [6, 6.07) is 0. The number of esters is 1. The van der Waals surface area contributed by atoms with Crippen LogP contribution < -0.4 is 0 Å². The summed E-state index contributed by atoms with van der Waals surface area (Å²) in [6.45, 7) is 14.9. The maximum atomic E-state index is 12.8. The second-order valence-electron chi connectivity index (χ2n) is 17.3. The Labute approximate surface area is 280 Å². The first-order chi connectivity index (χ1) is 21.7. The van der Waals surface area contributed by atoms with Crippen LogP contribution in [0.3, 0.4) is 0 Å². The Kier molecular flexibility index (Phi) is 14.6. The monoisotopic (exact) mass is 623 g/mol. The molecule has 4 rings (SSSR count). The first kappa shape index (κ1) is 36.8. The zero-order valence-electron chi connectivity index (χ0n) is 30.9. The summed E-state index contributed by atoms with van der Waals surface area (Å²) in [7, 11) is 0. The normalized spacial score (nSPS) is 33.5. The highest BCUT2D eigenvalue weighted by atomic mass is 16.5. The third-order valence-electron chi connectivity index (χ3n) is 13.7. The van der Waals surface area contributed by atoms with E-state index in [-0.39, 0.29) is 12.1 Å². The van der Waals surface area contributed by atoms with Crippen LogP contribution in [0, 0.1) is 46.3 Å². The Morgan fingerprint density at radius 1 is 0.844 bits per heavy atom. The number of allylic oxidation sites excluding steroid dienone is 3. The molecule has 3 saturated carbocycles. The van der Waals surface area contributed by atoms with Gasteiger partial charge in [-0.2, -0.15) is 0 Å². The predicted octanol–water partition coefficient (Wildman–Crippen LogP) is 13.2. The van der Waals surface area contributed by atoms with E-state index in [0.29, 0.717) is 17.3 Å². The molecule has 2 nitrogen and oxygen atoms in total. The Balaban J connectivity index is 1.16. The molecule has 0 amide bonds. The first-order valence-electron chi connectivity index (χ1n) is 20.2. The highest BCUT2D eigenvalue weighted by molar-refractivity contribution is 5.69. The van der Waals surface area contributed by atoms with Gasteiger partial charge in [-0.05, 0) is 123 Å². The van der Waals surface area contributed by atoms with Gasteiger partial charge in [-0.15, -0.1) is 0 Å². The summed E-state index contributed by atoms with van der Waals surface area (Å²) < 4.78 is 6.11. The molecule has 8 atom stereocenters. The Hall–Kier alpha value is -1.05.